The van der Waals surface area contributed by atoms with Gasteiger partial charge in [0.15, 0.2) is 11.7 Å². The van der Waals surface area contributed by atoms with Crippen molar-refractivity contribution in [2.24, 2.45) is 0 Å². The molecule has 1 aromatic heterocycles. The first kappa shape index (κ1) is 14.3. The molecular formula is C13H11N3O5. The van der Waals surface area contributed by atoms with E-state index in [1.165, 1.54) is 6.07 Å². The summed E-state index contributed by atoms with van der Waals surface area (Å²) in [6.07, 6.45) is 0. The van der Waals surface area contributed by atoms with Gasteiger partial charge in [-0.1, -0.05) is 30.3 Å². The summed E-state index contributed by atoms with van der Waals surface area (Å²) in [6, 6.07) is 9.27. The van der Waals surface area contributed by atoms with Gasteiger partial charge in [0.25, 0.3) is 5.91 Å². The summed E-state index contributed by atoms with van der Waals surface area (Å²) in [5, 5.41) is 22.0. The van der Waals surface area contributed by atoms with E-state index in [1.807, 2.05) is 0 Å². The minimum Gasteiger partial charge on any atom is -0.479 e. The molecule has 8 nitrogen and oxygen atoms in total. The first-order valence-electron chi connectivity index (χ1n) is 5.91. The molecule has 0 saturated heterocycles. The van der Waals surface area contributed by atoms with E-state index in [2.05, 4.69) is 10.3 Å². The Labute approximate surface area is 118 Å². The number of aromatic amines is 1. The van der Waals surface area contributed by atoms with Crippen LogP contribution in [0.2, 0.25) is 0 Å². The van der Waals surface area contributed by atoms with Crippen LogP contribution in [0.5, 0.6) is 0 Å². The van der Waals surface area contributed by atoms with E-state index in [-0.39, 0.29) is 11.5 Å². The van der Waals surface area contributed by atoms with Crippen molar-refractivity contribution >= 4 is 17.7 Å². The topological polar surface area (TPSA) is 125 Å². The third kappa shape index (κ3) is 3.24. The number of hydrogen-bond acceptors (Lipinski definition) is 4. The standard InChI is InChI=1S/C13H11N3O5/c17-12(9-6-7-10(14-9)16(20)21)15-11(13(18)19)8-4-2-1-3-5-8/h1-7,11,14H,(H,15,17)(H,18,19)/t11-/m1/s1. The van der Waals surface area contributed by atoms with Gasteiger partial charge in [-0.05, 0) is 16.6 Å². The lowest BCUT2D eigenvalue weighted by Crippen LogP contribution is -2.33. The van der Waals surface area contributed by atoms with Crippen LogP contribution in [0, 0.1) is 10.1 Å². The molecule has 0 fully saturated rings. The Balaban J connectivity index is 2.19. The lowest BCUT2D eigenvalue weighted by atomic mass is 10.1. The highest BCUT2D eigenvalue weighted by atomic mass is 16.6. The Bertz CT molecular complexity index is 680. The number of carbonyl (C=O) groups is 2. The van der Waals surface area contributed by atoms with Crippen molar-refractivity contribution in [3.63, 3.8) is 0 Å². The third-order valence-corrected chi connectivity index (χ3v) is 2.77. The zero-order chi connectivity index (χ0) is 15.4. The van der Waals surface area contributed by atoms with E-state index in [1.54, 1.807) is 30.3 Å². The molecule has 1 amide bonds. The average molecular weight is 289 g/mol. The zero-order valence-corrected chi connectivity index (χ0v) is 10.6. The summed E-state index contributed by atoms with van der Waals surface area (Å²) in [6.45, 7) is 0. The van der Waals surface area contributed by atoms with Crippen LogP contribution in [-0.2, 0) is 4.79 Å². The molecule has 0 aliphatic carbocycles. The van der Waals surface area contributed by atoms with Crippen molar-refractivity contribution in [1.29, 1.82) is 0 Å². The fraction of sp³-hybridized carbons (Fsp3) is 0.0769. The highest BCUT2D eigenvalue weighted by molar-refractivity contribution is 5.95. The maximum Gasteiger partial charge on any atom is 0.330 e. The number of carboxylic acid groups (broad SMARTS) is 1. The number of aliphatic carboxylic acids is 1. The van der Waals surface area contributed by atoms with Crippen LogP contribution >= 0.6 is 0 Å². The van der Waals surface area contributed by atoms with Gasteiger partial charge >= 0.3 is 11.8 Å². The van der Waals surface area contributed by atoms with Crippen LogP contribution in [0.15, 0.2) is 42.5 Å². The predicted molar refractivity (Wildman–Crippen MR) is 71.7 cm³/mol. The van der Waals surface area contributed by atoms with E-state index in [4.69, 9.17) is 0 Å². The Hall–Kier alpha value is -3.16. The zero-order valence-electron chi connectivity index (χ0n) is 10.6. The van der Waals surface area contributed by atoms with E-state index >= 15 is 0 Å². The minimum atomic E-state index is -1.24. The summed E-state index contributed by atoms with van der Waals surface area (Å²) in [4.78, 5) is 35.4. The molecule has 3 N–H and O–H groups in total. The number of nitrogens with one attached hydrogen (secondary N) is 2. The number of carbonyl (C=O) groups excluding carboxylic acids is 1. The number of rotatable bonds is 5. The fourth-order valence-corrected chi connectivity index (χ4v) is 1.76. The second-order valence-corrected chi connectivity index (χ2v) is 4.17. The number of hydrogen-bond donors (Lipinski definition) is 3. The van der Waals surface area contributed by atoms with E-state index < -0.39 is 22.8 Å². The summed E-state index contributed by atoms with van der Waals surface area (Å²) in [7, 11) is 0. The first-order chi connectivity index (χ1) is 9.99. The molecule has 0 unspecified atom stereocenters. The summed E-state index contributed by atoms with van der Waals surface area (Å²) < 4.78 is 0. The van der Waals surface area contributed by atoms with Crippen molar-refractivity contribution in [3.8, 4) is 0 Å². The third-order valence-electron chi connectivity index (χ3n) is 2.77. The molecule has 0 spiro atoms. The van der Waals surface area contributed by atoms with Crippen LogP contribution < -0.4 is 5.32 Å². The average Bonchev–Trinajstić information content (AvgIpc) is 2.95. The maximum absolute atomic E-state index is 11.9. The normalized spacial score (nSPS) is 11.6. The molecule has 0 radical (unpaired) electrons. The van der Waals surface area contributed by atoms with Gasteiger partial charge in [-0.25, -0.2) is 9.78 Å². The molecule has 8 heteroatoms. The number of benzene rings is 1. The number of carboxylic acids is 1. The lowest BCUT2D eigenvalue weighted by Gasteiger charge is -2.13. The molecule has 0 saturated carbocycles. The van der Waals surface area contributed by atoms with Gasteiger partial charge in [0.05, 0.1) is 0 Å². The maximum atomic E-state index is 11.9. The molecule has 21 heavy (non-hydrogen) atoms. The number of amides is 1. The Kier molecular flexibility index (Phi) is 3.98. The summed E-state index contributed by atoms with van der Waals surface area (Å²) >= 11 is 0. The predicted octanol–water partition coefficient (Wildman–Crippen LogP) is 1.48. The molecule has 1 heterocycles. The fourth-order valence-electron chi connectivity index (χ4n) is 1.76. The molecule has 2 aromatic rings. The van der Waals surface area contributed by atoms with Crippen LogP contribution in [0.1, 0.15) is 22.1 Å². The Morgan fingerprint density at radius 1 is 1.19 bits per heavy atom. The lowest BCUT2D eigenvalue weighted by molar-refractivity contribution is -0.389. The Morgan fingerprint density at radius 3 is 2.38 bits per heavy atom. The van der Waals surface area contributed by atoms with E-state index in [9.17, 15) is 24.8 Å². The number of nitrogens with zero attached hydrogens (tertiary/aromatic N) is 1. The van der Waals surface area contributed by atoms with Gasteiger partial charge in [-0.15, -0.1) is 0 Å². The molecule has 0 aliphatic heterocycles. The van der Waals surface area contributed by atoms with Gasteiger partial charge in [0.1, 0.15) is 0 Å². The second-order valence-electron chi connectivity index (χ2n) is 4.17. The molecule has 1 aromatic carbocycles. The van der Waals surface area contributed by atoms with Crippen LogP contribution in [0.25, 0.3) is 0 Å². The van der Waals surface area contributed by atoms with Crippen molar-refractivity contribution in [2.75, 3.05) is 0 Å². The SMILES string of the molecule is O=C(N[C@@H](C(=O)O)c1ccccc1)c1ccc([N+](=O)[O-])[nH]1. The molecule has 0 bridgehead atoms. The molecule has 0 aliphatic rings. The van der Waals surface area contributed by atoms with Gasteiger partial charge in [0, 0.05) is 6.07 Å². The van der Waals surface area contributed by atoms with Crippen molar-refractivity contribution in [3.05, 3.63) is 63.8 Å². The summed E-state index contributed by atoms with van der Waals surface area (Å²) in [5.74, 6) is -2.30. The van der Waals surface area contributed by atoms with Crippen molar-refractivity contribution < 1.29 is 19.6 Å². The van der Waals surface area contributed by atoms with Crippen molar-refractivity contribution in [1.82, 2.24) is 10.3 Å². The Morgan fingerprint density at radius 2 is 1.86 bits per heavy atom. The van der Waals surface area contributed by atoms with Gasteiger partial charge in [-0.2, -0.15) is 0 Å². The van der Waals surface area contributed by atoms with Gasteiger partial charge in [-0.3, -0.25) is 4.79 Å². The molecule has 1 atom stereocenters. The number of H-pyrrole nitrogens is 1. The number of nitro groups is 1. The van der Waals surface area contributed by atoms with Crippen LogP contribution in [0.3, 0.4) is 0 Å². The van der Waals surface area contributed by atoms with E-state index in [0.717, 1.165) is 6.07 Å². The molecule has 2 rings (SSSR count). The highest BCUT2D eigenvalue weighted by Gasteiger charge is 2.24. The van der Waals surface area contributed by atoms with Gasteiger partial charge in [0.2, 0.25) is 0 Å². The number of aromatic nitrogens is 1. The van der Waals surface area contributed by atoms with Crippen LogP contribution in [-0.4, -0.2) is 26.9 Å². The van der Waals surface area contributed by atoms with Crippen molar-refractivity contribution in [2.45, 2.75) is 6.04 Å². The van der Waals surface area contributed by atoms with Crippen LogP contribution in [0.4, 0.5) is 5.82 Å². The van der Waals surface area contributed by atoms with E-state index in [0.29, 0.717) is 5.56 Å². The molecular weight excluding hydrogens is 278 g/mol. The smallest absolute Gasteiger partial charge is 0.330 e. The van der Waals surface area contributed by atoms with Gasteiger partial charge < -0.3 is 20.5 Å². The summed E-state index contributed by atoms with van der Waals surface area (Å²) in [5.41, 5.74) is 0.322. The molecule has 108 valence electrons. The first-order valence-corrected chi connectivity index (χ1v) is 5.91. The highest BCUT2D eigenvalue weighted by Crippen LogP contribution is 2.15. The quantitative estimate of drug-likeness (QED) is 0.567. The largest absolute Gasteiger partial charge is 0.479 e. The monoisotopic (exact) mass is 289 g/mol. The minimum absolute atomic E-state index is 0.0797. The second kappa shape index (κ2) is 5.87.